The standard InChI is InChI=1S/C28H43BN5O4/c1-7-34(20-23-12-14-24(15-13-23)29(36)37,33-26-11-9-8-10-25(26)30-31-33)18-19-38-27(35)16-17-32(22(2)3)21-28(4,5)6/h8-15,22,36-37H,7,16-21H2,1-6H3/q+1. The Bertz CT molecular complexity index is 1180. The maximum Gasteiger partial charge on any atom is 0.488 e. The molecule has 9 nitrogen and oxygen atoms in total. The number of rotatable bonds is 13. The highest BCUT2D eigenvalue weighted by Crippen LogP contribution is 2.19. The highest BCUT2D eigenvalue weighted by molar-refractivity contribution is 6.58. The first-order valence-corrected chi connectivity index (χ1v) is 13.5. The molecule has 0 amide bonds. The van der Waals surface area contributed by atoms with Crippen LogP contribution in [-0.4, -0.2) is 82.0 Å². The van der Waals surface area contributed by atoms with Crippen molar-refractivity contribution in [3.05, 3.63) is 54.1 Å². The molecule has 206 valence electrons. The fourth-order valence-electron chi connectivity index (χ4n) is 4.72. The van der Waals surface area contributed by atoms with Gasteiger partial charge in [0.1, 0.15) is 37.3 Å². The molecule has 10 heteroatoms. The van der Waals surface area contributed by atoms with Gasteiger partial charge in [-0.2, -0.15) is 4.59 Å². The molecule has 3 aromatic rings. The smallest absolute Gasteiger partial charge is 0.460 e. The van der Waals surface area contributed by atoms with E-state index in [0.29, 0.717) is 48.7 Å². The third-order valence-corrected chi connectivity index (χ3v) is 6.86. The predicted molar refractivity (Wildman–Crippen MR) is 152 cm³/mol. The quantitative estimate of drug-likeness (QED) is 0.201. The molecule has 0 saturated heterocycles. The van der Waals surface area contributed by atoms with Crippen molar-refractivity contribution in [2.75, 3.05) is 32.8 Å². The first kappa shape index (κ1) is 29.8. The molecular weight excluding hydrogens is 481 g/mol. The van der Waals surface area contributed by atoms with Crippen molar-refractivity contribution in [1.29, 1.82) is 0 Å². The summed E-state index contributed by atoms with van der Waals surface area (Å²) in [5, 5.41) is 27.8. The number of fused-ring (bicyclic) bond motifs is 1. The molecule has 0 saturated carbocycles. The number of carbonyl (C=O) groups is 1. The summed E-state index contributed by atoms with van der Waals surface area (Å²) in [5.41, 5.74) is 3.28. The minimum Gasteiger partial charge on any atom is -0.460 e. The Morgan fingerprint density at radius 2 is 1.82 bits per heavy atom. The van der Waals surface area contributed by atoms with E-state index >= 15 is 0 Å². The van der Waals surface area contributed by atoms with E-state index in [2.05, 4.69) is 56.8 Å². The molecule has 0 aliphatic rings. The highest BCUT2D eigenvalue weighted by Gasteiger charge is 2.33. The van der Waals surface area contributed by atoms with Crippen molar-refractivity contribution in [2.24, 2.45) is 5.41 Å². The van der Waals surface area contributed by atoms with E-state index in [1.54, 1.807) is 12.1 Å². The first-order valence-electron chi connectivity index (χ1n) is 13.5. The van der Waals surface area contributed by atoms with Gasteiger partial charge in [0.2, 0.25) is 0 Å². The molecule has 0 spiro atoms. The number of carbonyl (C=O) groups excluding carboxylic acids is 1. The van der Waals surface area contributed by atoms with Crippen LogP contribution in [0.2, 0.25) is 0 Å². The zero-order chi connectivity index (χ0) is 27.9. The lowest BCUT2D eigenvalue weighted by molar-refractivity contribution is -0.145. The molecule has 1 unspecified atom stereocenters. The maximum atomic E-state index is 12.7. The Balaban J connectivity index is 1.75. The van der Waals surface area contributed by atoms with Crippen LogP contribution in [0.4, 0.5) is 0 Å². The molecule has 0 aliphatic heterocycles. The van der Waals surface area contributed by atoms with Crippen LogP contribution in [0, 0.1) is 5.41 Å². The summed E-state index contributed by atoms with van der Waals surface area (Å²) < 4.78 is 6.12. The van der Waals surface area contributed by atoms with Crippen LogP contribution in [0.5, 0.6) is 0 Å². The number of para-hydroxylation sites is 1. The van der Waals surface area contributed by atoms with Gasteiger partial charge >= 0.3 is 13.1 Å². The van der Waals surface area contributed by atoms with Gasteiger partial charge in [0.25, 0.3) is 0 Å². The third kappa shape index (κ3) is 7.86. The van der Waals surface area contributed by atoms with Crippen LogP contribution < -0.4 is 10.1 Å². The second kappa shape index (κ2) is 12.8. The molecule has 0 bridgehead atoms. The van der Waals surface area contributed by atoms with Crippen LogP contribution in [-0.2, 0) is 16.1 Å². The second-order valence-corrected chi connectivity index (χ2v) is 11.5. The van der Waals surface area contributed by atoms with E-state index in [9.17, 15) is 14.8 Å². The van der Waals surface area contributed by atoms with Crippen LogP contribution in [0.15, 0.2) is 48.5 Å². The molecule has 2 aromatic carbocycles. The molecule has 3 rings (SSSR count). The number of nitrogens with zero attached hydrogens (tertiary/aromatic N) is 5. The number of likely N-dealkylation sites (N-methyl/N-ethyl adjacent to an activating group) is 1. The van der Waals surface area contributed by atoms with Gasteiger partial charge in [-0.05, 0) is 49.0 Å². The summed E-state index contributed by atoms with van der Waals surface area (Å²) in [6.45, 7) is 16.6. The largest absolute Gasteiger partial charge is 0.488 e. The van der Waals surface area contributed by atoms with E-state index in [1.807, 2.05) is 41.2 Å². The van der Waals surface area contributed by atoms with Gasteiger partial charge in [-0.3, -0.25) is 9.69 Å². The summed E-state index contributed by atoms with van der Waals surface area (Å²) in [4.78, 5) is 17.0. The molecular formula is C28H43BN5O4+. The highest BCUT2D eigenvalue weighted by atomic mass is 16.5. The molecule has 38 heavy (non-hydrogen) atoms. The Morgan fingerprint density at radius 3 is 2.42 bits per heavy atom. The van der Waals surface area contributed by atoms with Crippen molar-refractivity contribution < 1.29 is 19.6 Å². The van der Waals surface area contributed by atoms with Gasteiger partial charge in [0.15, 0.2) is 0 Å². The lowest BCUT2D eigenvalue weighted by Crippen LogP contribution is -2.59. The number of quaternary nitrogens is 1. The Kier molecular flexibility index (Phi) is 10.1. The van der Waals surface area contributed by atoms with Crippen LogP contribution in [0.3, 0.4) is 0 Å². The van der Waals surface area contributed by atoms with E-state index < -0.39 is 7.12 Å². The Labute approximate surface area is 226 Å². The zero-order valence-electron chi connectivity index (χ0n) is 23.7. The van der Waals surface area contributed by atoms with Crippen LogP contribution >= 0.6 is 0 Å². The van der Waals surface area contributed by atoms with Gasteiger partial charge in [-0.25, -0.2) is 0 Å². The van der Waals surface area contributed by atoms with Gasteiger partial charge in [0.05, 0.1) is 6.42 Å². The van der Waals surface area contributed by atoms with E-state index in [-0.39, 0.29) is 18.0 Å². The van der Waals surface area contributed by atoms with Crippen molar-refractivity contribution in [3.63, 3.8) is 0 Å². The summed E-state index contributed by atoms with van der Waals surface area (Å²) >= 11 is 0. The van der Waals surface area contributed by atoms with Gasteiger partial charge in [-0.1, -0.05) is 62.0 Å². The zero-order valence-corrected chi connectivity index (χ0v) is 23.7. The minimum absolute atomic E-state index is 0.153. The molecule has 0 aliphatic carbocycles. The van der Waals surface area contributed by atoms with Gasteiger partial charge < -0.3 is 14.8 Å². The normalized spacial score (nSPS) is 13.7. The SMILES string of the molecule is CC[N+](CCOC(=O)CCN(CC(C)(C)C)C(C)C)(Cc1ccc(B(O)O)cc1)n1nnc2ccccc21. The van der Waals surface area contributed by atoms with E-state index in [0.717, 1.165) is 23.1 Å². The average molecular weight is 524 g/mol. The number of hydrogen-bond acceptors (Lipinski definition) is 7. The number of aromatic nitrogens is 3. The van der Waals surface area contributed by atoms with Gasteiger partial charge in [0, 0.05) is 24.7 Å². The number of hydrogen-bond donors (Lipinski definition) is 2. The molecule has 1 atom stereocenters. The fourth-order valence-corrected chi connectivity index (χ4v) is 4.72. The monoisotopic (exact) mass is 524 g/mol. The lowest BCUT2D eigenvalue weighted by Gasteiger charge is -2.36. The Morgan fingerprint density at radius 1 is 1.13 bits per heavy atom. The van der Waals surface area contributed by atoms with E-state index in [1.165, 1.54) is 0 Å². The molecule has 0 fully saturated rings. The van der Waals surface area contributed by atoms with Gasteiger partial charge in [-0.15, -0.1) is 5.10 Å². The topological polar surface area (TPSA) is 101 Å². The third-order valence-electron chi connectivity index (χ3n) is 6.86. The van der Waals surface area contributed by atoms with Crippen LogP contribution in [0.25, 0.3) is 11.0 Å². The van der Waals surface area contributed by atoms with Crippen LogP contribution in [0.1, 0.15) is 53.5 Å². The number of benzene rings is 2. The fraction of sp³-hybridized carbons (Fsp3) is 0.536. The summed E-state index contributed by atoms with van der Waals surface area (Å²) in [6.07, 6.45) is 0.345. The lowest BCUT2D eigenvalue weighted by atomic mass is 9.80. The summed E-state index contributed by atoms with van der Waals surface area (Å²) in [7, 11) is -1.51. The summed E-state index contributed by atoms with van der Waals surface area (Å²) in [5.74, 6) is -0.205. The molecule has 1 heterocycles. The molecule has 2 N–H and O–H groups in total. The van der Waals surface area contributed by atoms with Crippen molar-refractivity contribution in [2.45, 2.75) is 60.5 Å². The maximum absolute atomic E-state index is 12.7. The predicted octanol–water partition coefficient (Wildman–Crippen LogP) is 2.46. The van der Waals surface area contributed by atoms with E-state index in [4.69, 9.17) is 4.74 Å². The summed E-state index contributed by atoms with van der Waals surface area (Å²) in [6, 6.07) is 15.4. The molecule has 1 aromatic heterocycles. The van der Waals surface area contributed by atoms with Crippen molar-refractivity contribution >= 4 is 29.6 Å². The minimum atomic E-state index is -1.51. The number of esters is 1. The van der Waals surface area contributed by atoms with Crippen molar-refractivity contribution in [1.82, 2.24) is 24.6 Å². The first-order chi connectivity index (χ1) is 17.9. The average Bonchev–Trinajstić information content (AvgIpc) is 3.30. The van der Waals surface area contributed by atoms with Crippen molar-refractivity contribution in [3.8, 4) is 0 Å². The number of ether oxygens (including phenoxy) is 1. The second-order valence-electron chi connectivity index (χ2n) is 11.5. The Hall–Kier alpha value is -2.79. The molecule has 0 radical (unpaired) electrons.